The van der Waals surface area contributed by atoms with Crippen LogP contribution in [0.4, 0.5) is 10.6 Å². The van der Waals surface area contributed by atoms with Crippen molar-refractivity contribution in [2.24, 2.45) is 5.73 Å². The Hall–Kier alpha value is -2.70. The molecule has 1 saturated heterocycles. The molecule has 3 heterocycles. The van der Waals surface area contributed by atoms with Gasteiger partial charge in [-0.2, -0.15) is 0 Å². The number of primary amides is 1. The monoisotopic (exact) mass is 326 g/mol. The standard InChI is InChI=1S/C17H22N6O/c1-11-12(2)20-15(14-5-3-4-8-19-14)22-16(11)23-9-6-13(7-10-23)21-17(18)24/h3-5,8,13H,6-7,9-10H2,1-2H3,(H3,18,21,24). The number of carbonyl (C=O) groups is 1. The molecule has 2 amide bonds. The molecule has 0 unspecified atom stereocenters. The minimum absolute atomic E-state index is 0.136. The van der Waals surface area contributed by atoms with Crippen molar-refractivity contribution in [3.8, 4) is 11.5 Å². The second-order valence-corrected chi connectivity index (χ2v) is 6.07. The topological polar surface area (TPSA) is 97.0 Å². The number of piperidine rings is 1. The first kappa shape index (κ1) is 16.2. The summed E-state index contributed by atoms with van der Waals surface area (Å²) in [5.41, 5.74) is 8.01. The molecule has 0 saturated carbocycles. The van der Waals surface area contributed by atoms with E-state index in [2.05, 4.69) is 20.2 Å². The summed E-state index contributed by atoms with van der Waals surface area (Å²) in [5, 5.41) is 2.79. The highest BCUT2D eigenvalue weighted by molar-refractivity contribution is 5.72. The number of nitrogens with zero attached hydrogens (tertiary/aromatic N) is 4. The molecule has 3 N–H and O–H groups in total. The third-order valence-electron chi connectivity index (χ3n) is 4.40. The summed E-state index contributed by atoms with van der Waals surface area (Å²) >= 11 is 0. The van der Waals surface area contributed by atoms with Gasteiger partial charge in [-0.25, -0.2) is 14.8 Å². The number of pyridine rings is 1. The molecule has 1 fully saturated rings. The van der Waals surface area contributed by atoms with Gasteiger partial charge in [0.05, 0.1) is 0 Å². The van der Waals surface area contributed by atoms with Gasteiger partial charge in [0, 0.05) is 36.6 Å². The molecule has 1 aliphatic rings. The van der Waals surface area contributed by atoms with Crippen LogP contribution in [0, 0.1) is 13.8 Å². The Bertz CT molecular complexity index is 725. The zero-order valence-electron chi connectivity index (χ0n) is 14.0. The van der Waals surface area contributed by atoms with Crippen molar-refractivity contribution < 1.29 is 4.79 Å². The number of anilines is 1. The highest BCUT2D eigenvalue weighted by atomic mass is 16.2. The Balaban J connectivity index is 1.83. The van der Waals surface area contributed by atoms with E-state index in [0.29, 0.717) is 5.82 Å². The first-order valence-electron chi connectivity index (χ1n) is 8.12. The normalized spacial score (nSPS) is 15.3. The highest BCUT2D eigenvalue weighted by Crippen LogP contribution is 2.26. The van der Waals surface area contributed by atoms with Gasteiger partial charge in [-0.15, -0.1) is 0 Å². The van der Waals surface area contributed by atoms with Gasteiger partial charge in [0.25, 0.3) is 0 Å². The average molecular weight is 326 g/mol. The van der Waals surface area contributed by atoms with Crippen molar-refractivity contribution in [1.82, 2.24) is 20.3 Å². The van der Waals surface area contributed by atoms with E-state index in [4.69, 9.17) is 10.7 Å². The van der Waals surface area contributed by atoms with Crippen molar-refractivity contribution in [1.29, 1.82) is 0 Å². The van der Waals surface area contributed by atoms with E-state index < -0.39 is 6.03 Å². The van der Waals surface area contributed by atoms with Gasteiger partial charge >= 0.3 is 6.03 Å². The molecule has 0 bridgehead atoms. The molecule has 0 aliphatic carbocycles. The maximum absolute atomic E-state index is 11.0. The Morgan fingerprint density at radius 3 is 2.62 bits per heavy atom. The van der Waals surface area contributed by atoms with E-state index in [1.807, 2.05) is 32.0 Å². The number of nitrogens with one attached hydrogen (secondary N) is 1. The number of nitrogens with two attached hydrogens (primary N) is 1. The third kappa shape index (κ3) is 3.45. The van der Waals surface area contributed by atoms with Crippen LogP contribution in [0.25, 0.3) is 11.5 Å². The summed E-state index contributed by atoms with van der Waals surface area (Å²) in [7, 11) is 0. The van der Waals surface area contributed by atoms with E-state index >= 15 is 0 Å². The molecule has 0 atom stereocenters. The van der Waals surface area contributed by atoms with Gasteiger partial charge in [-0.3, -0.25) is 4.98 Å². The first-order valence-corrected chi connectivity index (χ1v) is 8.12. The van der Waals surface area contributed by atoms with E-state index in [9.17, 15) is 4.79 Å². The first-order chi connectivity index (χ1) is 11.5. The molecular formula is C17H22N6O. The number of hydrogen-bond donors (Lipinski definition) is 2. The summed E-state index contributed by atoms with van der Waals surface area (Å²) in [6.45, 7) is 5.68. The van der Waals surface area contributed by atoms with Crippen LogP contribution in [-0.4, -0.2) is 40.1 Å². The van der Waals surface area contributed by atoms with Crippen molar-refractivity contribution in [3.05, 3.63) is 35.7 Å². The maximum atomic E-state index is 11.0. The predicted octanol–water partition coefficient (Wildman–Crippen LogP) is 1.79. The summed E-state index contributed by atoms with van der Waals surface area (Å²) in [4.78, 5) is 26.9. The largest absolute Gasteiger partial charge is 0.356 e. The smallest absolute Gasteiger partial charge is 0.312 e. The summed E-state index contributed by atoms with van der Waals surface area (Å²) in [6.07, 6.45) is 3.45. The number of aryl methyl sites for hydroxylation is 1. The zero-order chi connectivity index (χ0) is 17.1. The van der Waals surface area contributed by atoms with Crippen molar-refractivity contribution >= 4 is 11.8 Å². The number of urea groups is 1. The van der Waals surface area contributed by atoms with Crippen molar-refractivity contribution in [3.63, 3.8) is 0 Å². The van der Waals surface area contributed by atoms with Crippen LogP contribution in [0.3, 0.4) is 0 Å². The van der Waals surface area contributed by atoms with Gasteiger partial charge < -0.3 is 16.0 Å². The predicted molar refractivity (Wildman–Crippen MR) is 92.7 cm³/mol. The Kier molecular flexibility index (Phi) is 4.59. The number of aromatic nitrogens is 3. The lowest BCUT2D eigenvalue weighted by Gasteiger charge is -2.34. The molecule has 7 nitrogen and oxygen atoms in total. The van der Waals surface area contributed by atoms with E-state index in [-0.39, 0.29) is 6.04 Å². The second kappa shape index (κ2) is 6.82. The molecular weight excluding hydrogens is 304 g/mol. The number of carbonyl (C=O) groups excluding carboxylic acids is 1. The zero-order valence-corrected chi connectivity index (χ0v) is 14.0. The Morgan fingerprint density at radius 2 is 2.00 bits per heavy atom. The molecule has 0 aromatic carbocycles. The lowest BCUT2D eigenvalue weighted by Crippen LogP contribution is -2.46. The van der Waals surface area contributed by atoms with E-state index in [1.165, 1.54) is 0 Å². The molecule has 0 radical (unpaired) electrons. The molecule has 2 aromatic rings. The maximum Gasteiger partial charge on any atom is 0.312 e. The van der Waals surface area contributed by atoms with Gasteiger partial charge in [0.1, 0.15) is 11.5 Å². The van der Waals surface area contributed by atoms with Crippen LogP contribution in [0.1, 0.15) is 24.1 Å². The highest BCUT2D eigenvalue weighted by Gasteiger charge is 2.23. The van der Waals surface area contributed by atoms with E-state index in [1.54, 1.807) is 6.20 Å². The van der Waals surface area contributed by atoms with Gasteiger partial charge in [0.15, 0.2) is 5.82 Å². The second-order valence-electron chi connectivity index (χ2n) is 6.07. The molecule has 1 aliphatic heterocycles. The third-order valence-corrected chi connectivity index (χ3v) is 4.40. The van der Waals surface area contributed by atoms with Crippen LogP contribution in [0.15, 0.2) is 24.4 Å². The average Bonchev–Trinajstić information content (AvgIpc) is 2.58. The molecule has 3 rings (SSSR count). The lowest BCUT2D eigenvalue weighted by atomic mass is 10.0. The fraction of sp³-hybridized carbons (Fsp3) is 0.412. The Labute approximate surface area is 141 Å². The lowest BCUT2D eigenvalue weighted by molar-refractivity contribution is 0.242. The van der Waals surface area contributed by atoms with Crippen molar-refractivity contribution in [2.75, 3.05) is 18.0 Å². The fourth-order valence-corrected chi connectivity index (χ4v) is 2.97. The molecule has 126 valence electrons. The molecule has 24 heavy (non-hydrogen) atoms. The van der Waals surface area contributed by atoms with Crippen LogP contribution >= 0.6 is 0 Å². The van der Waals surface area contributed by atoms with Gasteiger partial charge in [0.2, 0.25) is 0 Å². The fourth-order valence-electron chi connectivity index (χ4n) is 2.97. The number of rotatable bonds is 3. The van der Waals surface area contributed by atoms with Crippen LogP contribution in [-0.2, 0) is 0 Å². The minimum atomic E-state index is -0.458. The molecule has 0 spiro atoms. The quantitative estimate of drug-likeness (QED) is 0.896. The Morgan fingerprint density at radius 1 is 1.25 bits per heavy atom. The SMILES string of the molecule is Cc1nc(-c2ccccn2)nc(N2CCC(NC(N)=O)CC2)c1C. The van der Waals surface area contributed by atoms with Crippen molar-refractivity contribution in [2.45, 2.75) is 32.7 Å². The summed E-state index contributed by atoms with van der Waals surface area (Å²) < 4.78 is 0. The van der Waals surface area contributed by atoms with Crippen LogP contribution < -0.4 is 16.0 Å². The van der Waals surface area contributed by atoms with E-state index in [0.717, 1.165) is 48.7 Å². The number of amides is 2. The summed E-state index contributed by atoms with van der Waals surface area (Å²) in [5.74, 6) is 1.59. The van der Waals surface area contributed by atoms with Gasteiger partial charge in [-0.1, -0.05) is 6.07 Å². The number of hydrogen-bond acceptors (Lipinski definition) is 5. The van der Waals surface area contributed by atoms with Gasteiger partial charge in [-0.05, 0) is 38.8 Å². The minimum Gasteiger partial charge on any atom is -0.356 e. The van der Waals surface area contributed by atoms with Crippen LogP contribution in [0.5, 0.6) is 0 Å². The molecule has 7 heteroatoms. The van der Waals surface area contributed by atoms with Crippen LogP contribution in [0.2, 0.25) is 0 Å². The molecule has 2 aromatic heterocycles. The summed E-state index contributed by atoms with van der Waals surface area (Å²) in [6, 6.07) is 5.40.